The summed E-state index contributed by atoms with van der Waals surface area (Å²) in [6, 6.07) is 10.9. The third kappa shape index (κ3) is 5.49. The van der Waals surface area contributed by atoms with Crippen molar-refractivity contribution in [3.05, 3.63) is 59.9 Å². The molecule has 0 fully saturated rings. The van der Waals surface area contributed by atoms with Crippen molar-refractivity contribution in [2.75, 3.05) is 37.6 Å². The number of ether oxygens (including phenoxy) is 1. The molecule has 0 saturated heterocycles. The van der Waals surface area contributed by atoms with Crippen LogP contribution < -0.4 is 10.3 Å². The summed E-state index contributed by atoms with van der Waals surface area (Å²) < 4.78 is 5.15. The molecular weight excluding hydrogens is 368 g/mol. The molecule has 0 aliphatic rings. The minimum atomic E-state index is 0.168. The normalized spacial score (nSPS) is 11.0. The number of hydrazone groups is 1. The summed E-state index contributed by atoms with van der Waals surface area (Å²) in [4.78, 5) is 15.2. The smallest absolute Gasteiger partial charge is 0.227 e. The van der Waals surface area contributed by atoms with Crippen molar-refractivity contribution in [1.82, 2.24) is 15.0 Å². The number of benzene rings is 1. The van der Waals surface area contributed by atoms with E-state index in [-0.39, 0.29) is 5.75 Å². The van der Waals surface area contributed by atoms with Gasteiger partial charge in [0, 0.05) is 50.3 Å². The quantitative estimate of drug-likeness (QED) is 0.449. The Morgan fingerprint density at radius 2 is 1.97 bits per heavy atom. The van der Waals surface area contributed by atoms with Crippen molar-refractivity contribution in [3.63, 3.8) is 0 Å². The van der Waals surface area contributed by atoms with Gasteiger partial charge in [0.05, 0.1) is 18.5 Å². The van der Waals surface area contributed by atoms with Crippen molar-refractivity contribution in [1.29, 1.82) is 0 Å². The predicted octanol–water partition coefficient (Wildman–Crippen LogP) is 3.08. The molecule has 29 heavy (non-hydrogen) atoms. The van der Waals surface area contributed by atoms with Crippen LogP contribution in [0.15, 0.2) is 53.9 Å². The summed E-state index contributed by atoms with van der Waals surface area (Å²) in [5, 5.41) is 14.2. The summed E-state index contributed by atoms with van der Waals surface area (Å²) in [6.45, 7) is 3.17. The van der Waals surface area contributed by atoms with Crippen LogP contribution in [0.25, 0.3) is 11.3 Å². The molecule has 2 heterocycles. The number of hydrogen-bond donors (Lipinski definition) is 2. The zero-order valence-electron chi connectivity index (χ0n) is 16.7. The second-order valence-corrected chi connectivity index (χ2v) is 6.52. The lowest BCUT2D eigenvalue weighted by molar-refractivity contribution is 0.206. The fraction of sp³-hybridized carbons (Fsp3) is 0.238. The summed E-state index contributed by atoms with van der Waals surface area (Å²) in [6.07, 6.45) is 5.00. The van der Waals surface area contributed by atoms with Crippen LogP contribution in [-0.2, 0) is 4.74 Å². The number of pyridine rings is 1. The average molecular weight is 392 g/mol. The third-order valence-corrected chi connectivity index (χ3v) is 4.23. The molecular formula is C21H24N6O2. The fourth-order valence-electron chi connectivity index (χ4n) is 2.61. The number of hydrogen-bond acceptors (Lipinski definition) is 8. The standard InChI is InChI=1S/C21H24N6O2/c1-15-4-5-19(28)17(12-15)14-23-26-20-13-18(16-6-8-22-9-7-16)24-21(25-20)27(2)10-11-29-3/h4-9,12-14,28H,10-11H2,1-3H3,(H,24,25,26). The molecule has 0 unspecified atom stereocenters. The van der Waals surface area contributed by atoms with Crippen molar-refractivity contribution in [3.8, 4) is 17.0 Å². The van der Waals surface area contributed by atoms with Gasteiger partial charge < -0.3 is 14.7 Å². The van der Waals surface area contributed by atoms with E-state index in [1.807, 2.05) is 49.2 Å². The first kappa shape index (κ1) is 20.2. The Morgan fingerprint density at radius 1 is 1.17 bits per heavy atom. The van der Waals surface area contributed by atoms with E-state index in [1.165, 1.54) is 0 Å². The molecule has 3 rings (SSSR count). The maximum atomic E-state index is 9.96. The minimum Gasteiger partial charge on any atom is -0.507 e. The summed E-state index contributed by atoms with van der Waals surface area (Å²) in [7, 11) is 3.56. The lowest BCUT2D eigenvalue weighted by Gasteiger charge is -2.18. The maximum absolute atomic E-state index is 9.96. The number of nitrogens with zero attached hydrogens (tertiary/aromatic N) is 5. The van der Waals surface area contributed by atoms with Crippen LogP contribution in [0.1, 0.15) is 11.1 Å². The van der Waals surface area contributed by atoms with Gasteiger partial charge in [-0.1, -0.05) is 11.6 Å². The molecule has 0 spiro atoms. The van der Waals surface area contributed by atoms with Gasteiger partial charge in [-0.2, -0.15) is 10.1 Å². The fourth-order valence-corrected chi connectivity index (χ4v) is 2.61. The van der Waals surface area contributed by atoms with Crippen molar-refractivity contribution >= 4 is 18.0 Å². The molecule has 8 nitrogen and oxygen atoms in total. The largest absolute Gasteiger partial charge is 0.507 e. The van der Waals surface area contributed by atoms with Gasteiger partial charge in [0.2, 0.25) is 5.95 Å². The highest BCUT2D eigenvalue weighted by Crippen LogP contribution is 2.22. The van der Waals surface area contributed by atoms with E-state index >= 15 is 0 Å². The predicted molar refractivity (Wildman–Crippen MR) is 114 cm³/mol. The Morgan fingerprint density at radius 3 is 2.72 bits per heavy atom. The molecule has 0 aliphatic heterocycles. The first-order valence-corrected chi connectivity index (χ1v) is 9.15. The van der Waals surface area contributed by atoms with E-state index in [9.17, 15) is 5.11 Å². The number of rotatable bonds is 8. The monoisotopic (exact) mass is 392 g/mol. The summed E-state index contributed by atoms with van der Waals surface area (Å²) >= 11 is 0. The van der Waals surface area contributed by atoms with Crippen LogP contribution in [0.2, 0.25) is 0 Å². The second kappa shape index (κ2) is 9.61. The van der Waals surface area contributed by atoms with Gasteiger partial charge in [0.25, 0.3) is 0 Å². The van der Waals surface area contributed by atoms with E-state index in [2.05, 4.69) is 25.5 Å². The average Bonchev–Trinajstić information content (AvgIpc) is 2.75. The van der Waals surface area contributed by atoms with Gasteiger partial charge in [-0.25, -0.2) is 4.98 Å². The highest BCUT2D eigenvalue weighted by Gasteiger charge is 2.10. The number of aryl methyl sites for hydroxylation is 1. The third-order valence-electron chi connectivity index (χ3n) is 4.23. The van der Waals surface area contributed by atoms with Crippen LogP contribution in [0.3, 0.4) is 0 Å². The van der Waals surface area contributed by atoms with Gasteiger partial charge in [-0.3, -0.25) is 10.4 Å². The van der Waals surface area contributed by atoms with Crippen LogP contribution in [0, 0.1) is 6.92 Å². The molecule has 0 radical (unpaired) electrons. The number of likely N-dealkylation sites (N-methyl/N-ethyl adjacent to an activating group) is 1. The molecule has 1 aromatic carbocycles. The zero-order valence-corrected chi connectivity index (χ0v) is 16.7. The minimum absolute atomic E-state index is 0.168. The van der Waals surface area contributed by atoms with E-state index in [0.717, 1.165) is 16.8 Å². The van der Waals surface area contributed by atoms with Crippen molar-refractivity contribution < 1.29 is 9.84 Å². The number of aromatic nitrogens is 3. The van der Waals surface area contributed by atoms with E-state index in [4.69, 9.17) is 4.74 Å². The van der Waals surface area contributed by atoms with Crippen molar-refractivity contribution in [2.45, 2.75) is 6.92 Å². The molecule has 0 bridgehead atoms. The molecule has 3 aromatic rings. The summed E-state index contributed by atoms with van der Waals surface area (Å²) in [5.74, 6) is 1.25. The first-order chi connectivity index (χ1) is 14.1. The van der Waals surface area contributed by atoms with Gasteiger partial charge in [0.15, 0.2) is 5.82 Å². The van der Waals surface area contributed by atoms with Gasteiger partial charge in [-0.15, -0.1) is 0 Å². The number of anilines is 2. The van der Waals surface area contributed by atoms with Crippen LogP contribution in [0.4, 0.5) is 11.8 Å². The SMILES string of the molecule is COCCN(C)c1nc(NN=Cc2cc(C)ccc2O)cc(-c2ccncc2)n1. The second-order valence-electron chi connectivity index (χ2n) is 6.52. The zero-order chi connectivity index (χ0) is 20.6. The van der Waals surface area contributed by atoms with Gasteiger partial charge in [0.1, 0.15) is 5.75 Å². The van der Waals surface area contributed by atoms with Crippen molar-refractivity contribution in [2.24, 2.45) is 5.10 Å². The van der Waals surface area contributed by atoms with Gasteiger partial charge >= 0.3 is 0 Å². The molecule has 0 saturated carbocycles. The molecule has 8 heteroatoms. The Hall–Kier alpha value is -3.52. The van der Waals surface area contributed by atoms with E-state index in [1.54, 1.807) is 31.8 Å². The number of methoxy groups -OCH3 is 1. The number of aromatic hydroxyl groups is 1. The van der Waals surface area contributed by atoms with E-state index in [0.29, 0.717) is 30.5 Å². The van der Waals surface area contributed by atoms with Gasteiger partial charge in [-0.05, 0) is 31.2 Å². The lowest BCUT2D eigenvalue weighted by Crippen LogP contribution is -2.24. The van der Waals surface area contributed by atoms with E-state index < -0.39 is 0 Å². The number of nitrogens with one attached hydrogen (secondary N) is 1. The molecule has 150 valence electrons. The maximum Gasteiger partial charge on any atom is 0.227 e. The highest BCUT2D eigenvalue weighted by atomic mass is 16.5. The molecule has 0 atom stereocenters. The molecule has 2 N–H and O–H groups in total. The first-order valence-electron chi connectivity index (χ1n) is 9.15. The molecule has 0 amide bonds. The Kier molecular flexibility index (Phi) is 6.70. The van der Waals surface area contributed by atoms with Crippen LogP contribution in [0.5, 0.6) is 5.75 Å². The Balaban J connectivity index is 1.88. The van der Waals surface area contributed by atoms with Crippen LogP contribution in [-0.4, -0.2) is 53.6 Å². The van der Waals surface area contributed by atoms with Crippen LogP contribution >= 0.6 is 0 Å². The Bertz CT molecular complexity index is 978. The Labute approximate surface area is 169 Å². The lowest BCUT2D eigenvalue weighted by atomic mass is 10.1. The topological polar surface area (TPSA) is 95.8 Å². The molecule has 2 aromatic heterocycles. The summed E-state index contributed by atoms with van der Waals surface area (Å²) in [5.41, 5.74) is 6.27. The number of phenols is 1. The highest BCUT2D eigenvalue weighted by molar-refractivity contribution is 5.84. The molecule has 0 aliphatic carbocycles. The number of phenolic OH excluding ortho intramolecular Hbond substituents is 1.